The van der Waals surface area contributed by atoms with Gasteiger partial charge in [-0.1, -0.05) is 13.0 Å². The second-order valence-electron chi connectivity index (χ2n) is 3.89. The third-order valence-corrected chi connectivity index (χ3v) is 2.52. The number of rotatable bonds is 8. The van der Waals surface area contributed by atoms with E-state index in [1.807, 2.05) is 0 Å². The van der Waals surface area contributed by atoms with Crippen molar-refractivity contribution in [3.8, 4) is 11.5 Å². The van der Waals surface area contributed by atoms with Gasteiger partial charge >= 0.3 is 6.61 Å². The van der Waals surface area contributed by atoms with Crippen molar-refractivity contribution in [1.29, 1.82) is 0 Å². The first-order chi connectivity index (χ1) is 9.49. The topological polar surface area (TPSA) is 30.5 Å². The fourth-order valence-corrected chi connectivity index (χ4v) is 1.75. The number of benzene rings is 1. The fraction of sp³-hybridized carbons (Fsp3) is 0.538. The zero-order valence-electron chi connectivity index (χ0n) is 11.2. The van der Waals surface area contributed by atoms with Crippen molar-refractivity contribution in [3.05, 3.63) is 23.8 Å². The highest BCUT2D eigenvalue weighted by Crippen LogP contribution is 2.33. The van der Waals surface area contributed by atoms with Crippen LogP contribution in [-0.4, -0.2) is 26.2 Å². The van der Waals surface area contributed by atoms with Gasteiger partial charge in [-0.3, -0.25) is 0 Å². The van der Waals surface area contributed by atoms with Gasteiger partial charge in [-0.15, -0.1) is 0 Å². The molecule has 0 aromatic heterocycles. The van der Waals surface area contributed by atoms with Gasteiger partial charge in [0.25, 0.3) is 6.43 Å². The van der Waals surface area contributed by atoms with E-state index >= 15 is 0 Å². The van der Waals surface area contributed by atoms with Crippen LogP contribution in [-0.2, 0) is 0 Å². The van der Waals surface area contributed by atoms with Crippen LogP contribution in [0.25, 0.3) is 0 Å². The molecular formula is C13H17F4NO2. The molecule has 0 aliphatic heterocycles. The quantitative estimate of drug-likeness (QED) is 0.743. The standard InChI is InChI=1S/C13H17F4NO2/c1-3-18-11(12(14)15)8-5-6-9(20-13(16)17)10(7-8)19-4-2/h5-7,11-13,18H,3-4H2,1-2H3. The van der Waals surface area contributed by atoms with Crippen LogP contribution in [0.2, 0.25) is 0 Å². The predicted molar refractivity (Wildman–Crippen MR) is 66.7 cm³/mol. The molecule has 3 nitrogen and oxygen atoms in total. The van der Waals surface area contributed by atoms with Crippen LogP contribution in [0, 0.1) is 0 Å². The number of hydrogen-bond acceptors (Lipinski definition) is 3. The van der Waals surface area contributed by atoms with Crippen molar-refractivity contribution in [2.45, 2.75) is 32.9 Å². The summed E-state index contributed by atoms with van der Waals surface area (Å²) < 4.78 is 59.8. The molecule has 0 saturated heterocycles. The van der Waals surface area contributed by atoms with E-state index < -0.39 is 19.1 Å². The van der Waals surface area contributed by atoms with Gasteiger partial charge in [-0.2, -0.15) is 8.78 Å². The molecule has 1 rings (SSSR count). The van der Waals surface area contributed by atoms with Crippen LogP contribution < -0.4 is 14.8 Å². The Hall–Kier alpha value is -1.50. The van der Waals surface area contributed by atoms with Gasteiger partial charge in [0.2, 0.25) is 0 Å². The molecule has 0 spiro atoms. The smallest absolute Gasteiger partial charge is 0.387 e. The first kappa shape index (κ1) is 16.6. The summed E-state index contributed by atoms with van der Waals surface area (Å²) in [7, 11) is 0. The predicted octanol–water partition coefficient (Wildman–Crippen LogP) is 3.60. The molecule has 20 heavy (non-hydrogen) atoms. The van der Waals surface area contributed by atoms with Crippen LogP contribution in [0.15, 0.2) is 18.2 Å². The average molecular weight is 295 g/mol. The van der Waals surface area contributed by atoms with E-state index in [-0.39, 0.29) is 23.7 Å². The Bertz CT molecular complexity index is 415. The molecule has 0 heterocycles. The van der Waals surface area contributed by atoms with Crippen molar-refractivity contribution in [3.63, 3.8) is 0 Å². The lowest BCUT2D eigenvalue weighted by molar-refractivity contribution is -0.0514. The Balaban J connectivity index is 3.06. The minimum atomic E-state index is -3.00. The zero-order chi connectivity index (χ0) is 15.1. The van der Waals surface area contributed by atoms with Crippen LogP contribution in [0.1, 0.15) is 25.5 Å². The Kier molecular flexibility index (Phi) is 6.57. The average Bonchev–Trinajstić information content (AvgIpc) is 2.37. The molecule has 0 radical (unpaired) electrons. The summed E-state index contributed by atoms with van der Waals surface area (Å²) in [6, 6.07) is 2.64. The molecule has 0 saturated carbocycles. The number of ether oxygens (including phenoxy) is 2. The molecule has 1 atom stereocenters. The van der Waals surface area contributed by atoms with E-state index in [4.69, 9.17) is 4.74 Å². The number of alkyl halides is 4. The zero-order valence-corrected chi connectivity index (χ0v) is 11.2. The highest BCUT2D eigenvalue weighted by Gasteiger charge is 2.23. The van der Waals surface area contributed by atoms with Crippen molar-refractivity contribution in [2.24, 2.45) is 0 Å². The van der Waals surface area contributed by atoms with Crippen molar-refractivity contribution < 1.29 is 27.0 Å². The van der Waals surface area contributed by atoms with Gasteiger partial charge in [0, 0.05) is 0 Å². The molecule has 1 N–H and O–H groups in total. The molecule has 1 aromatic carbocycles. The summed E-state index contributed by atoms with van der Waals surface area (Å²) in [6.45, 7) is 0.929. The van der Waals surface area contributed by atoms with Crippen molar-refractivity contribution in [1.82, 2.24) is 5.32 Å². The van der Waals surface area contributed by atoms with Gasteiger partial charge in [0.15, 0.2) is 11.5 Å². The Morgan fingerprint density at radius 2 is 1.80 bits per heavy atom. The summed E-state index contributed by atoms with van der Waals surface area (Å²) in [6.07, 6.45) is -2.62. The van der Waals surface area contributed by atoms with E-state index in [1.165, 1.54) is 18.2 Å². The Morgan fingerprint density at radius 3 is 2.30 bits per heavy atom. The lowest BCUT2D eigenvalue weighted by atomic mass is 10.1. The second kappa shape index (κ2) is 7.94. The maximum atomic E-state index is 12.9. The maximum Gasteiger partial charge on any atom is 0.387 e. The van der Waals surface area contributed by atoms with Gasteiger partial charge in [0.05, 0.1) is 12.6 Å². The van der Waals surface area contributed by atoms with Crippen LogP contribution in [0.4, 0.5) is 17.6 Å². The van der Waals surface area contributed by atoms with E-state index in [0.29, 0.717) is 6.54 Å². The van der Waals surface area contributed by atoms with E-state index in [0.717, 1.165) is 0 Å². The molecule has 1 unspecified atom stereocenters. The van der Waals surface area contributed by atoms with Crippen LogP contribution >= 0.6 is 0 Å². The van der Waals surface area contributed by atoms with Crippen molar-refractivity contribution >= 4 is 0 Å². The van der Waals surface area contributed by atoms with Gasteiger partial charge in [-0.05, 0) is 31.2 Å². The van der Waals surface area contributed by atoms with Gasteiger partial charge in [-0.25, -0.2) is 8.78 Å². The highest BCUT2D eigenvalue weighted by molar-refractivity contribution is 5.44. The molecule has 7 heteroatoms. The summed E-state index contributed by atoms with van der Waals surface area (Å²) in [5.41, 5.74) is 0.256. The van der Waals surface area contributed by atoms with E-state index in [2.05, 4.69) is 10.1 Å². The number of halogens is 4. The largest absolute Gasteiger partial charge is 0.490 e. The van der Waals surface area contributed by atoms with Gasteiger partial charge in [0.1, 0.15) is 0 Å². The van der Waals surface area contributed by atoms with Crippen molar-refractivity contribution in [2.75, 3.05) is 13.2 Å². The first-order valence-electron chi connectivity index (χ1n) is 6.22. The minimum Gasteiger partial charge on any atom is -0.490 e. The molecular weight excluding hydrogens is 278 g/mol. The minimum absolute atomic E-state index is 0.0221. The normalized spacial score (nSPS) is 12.8. The fourth-order valence-electron chi connectivity index (χ4n) is 1.75. The SMILES string of the molecule is CCNC(c1ccc(OC(F)F)c(OCC)c1)C(F)F. The summed E-state index contributed by atoms with van der Waals surface area (Å²) in [5, 5.41) is 2.63. The number of hydrogen-bond donors (Lipinski definition) is 1. The molecule has 0 bridgehead atoms. The van der Waals surface area contributed by atoms with Crippen LogP contribution in [0.5, 0.6) is 11.5 Å². The van der Waals surface area contributed by atoms with E-state index in [1.54, 1.807) is 13.8 Å². The summed E-state index contributed by atoms with van der Waals surface area (Å²) in [4.78, 5) is 0. The molecule has 0 aliphatic carbocycles. The lowest BCUT2D eigenvalue weighted by Gasteiger charge is -2.19. The molecule has 0 fully saturated rings. The summed E-state index contributed by atoms with van der Waals surface area (Å²) in [5.74, 6) is -0.149. The second-order valence-corrected chi connectivity index (χ2v) is 3.89. The number of nitrogens with one attached hydrogen (secondary N) is 1. The molecule has 1 aromatic rings. The molecule has 114 valence electrons. The molecule has 0 aliphatic rings. The highest BCUT2D eigenvalue weighted by atomic mass is 19.3. The first-order valence-corrected chi connectivity index (χ1v) is 6.22. The van der Waals surface area contributed by atoms with Crippen LogP contribution in [0.3, 0.4) is 0 Å². The lowest BCUT2D eigenvalue weighted by Crippen LogP contribution is -2.27. The Labute approximate surface area is 114 Å². The van der Waals surface area contributed by atoms with E-state index in [9.17, 15) is 17.6 Å². The molecule has 0 amide bonds. The monoisotopic (exact) mass is 295 g/mol. The third kappa shape index (κ3) is 4.56. The Morgan fingerprint density at radius 1 is 1.10 bits per heavy atom. The maximum absolute atomic E-state index is 12.9. The third-order valence-electron chi connectivity index (χ3n) is 2.52. The summed E-state index contributed by atoms with van der Waals surface area (Å²) >= 11 is 0. The van der Waals surface area contributed by atoms with Gasteiger partial charge < -0.3 is 14.8 Å².